The zero-order valence-electron chi connectivity index (χ0n) is 9.63. The van der Waals surface area contributed by atoms with Gasteiger partial charge in [0.15, 0.2) is 0 Å². The summed E-state index contributed by atoms with van der Waals surface area (Å²) in [5.41, 5.74) is 8.09. The minimum Gasteiger partial charge on any atom is -0.326 e. The summed E-state index contributed by atoms with van der Waals surface area (Å²) in [7, 11) is -3.73. The Morgan fingerprint density at radius 3 is 2.50 bits per heavy atom. The maximum absolute atomic E-state index is 11.3. The Labute approximate surface area is 106 Å². The number of hydrogen-bond donors (Lipinski definition) is 2. The SMILES string of the molecule is NCc1cccc(-c2[c]c(S(N)(=O)=O)ccc2)c1. The average Bonchev–Trinajstić information content (AvgIpc) is 2.38. The molecule has 0 amide bonds. The Morgan fingerprint density at radius 2 is 1.83 bits per heavy atom. The molecule has 5 heteroatoms. The molecule has 18 heavy (non-hydrogen) atoms. The lowest BCUT2D eigenvalue weighted by molar-refractivity contribution is 0.597. The van der Waals surface area contributed by atoms with Crippen molar-refractivity contribution in [2.75, 3.05) is 0 Å². The highest BCUT2D eigenvalue weighted by Crippen LogP contribution is 2.22. The first-order chi connectivity index (χ1) is 8.50. The number of sulfonamides is 1. The Bertz CT molecular complexity index is 666. The van der Waals surface area contributed by atoms with E-state index in [1.807, 2.05) is 24.3 Å². The van der Waals surface area contributed by atoms with E-state index in [0.717, 1.165) is 11.1 Å². The fraction of sp³-hybridized carbons (Fsp3) is 0.0769. The van der Waals surface area contributed by atoms with Crippen LogP contribution in [-0.4, -0.2) is 8.42 Å². The van der Waals surface area contributed by atoms with Crippen LogP contribution in [0.3, 0.4) is 0 Å². The first-order valence-corrected chi connectivity index (χ1v) is 6.90. The van der Waals surface area contributed by atoms with Gasteiger partial charge in [0.25, 0.3) is 0 Å². The lowest BCUT2D eigenvalue weighted by atomic mass is 10.0. The van der Waals surface area contributed by atoms with Gasteiger partial charge in [0, 0.05) is 12.6 Å². The summed E-state index contributed by atoms with van der Waals surface area (Å²) in [4.78, 5) is -0.0156. The second kappa shape index (κ2) is 4.89. The topological polar surface area (TPSA) is 86.2 Å². The second-order valence-corrected chi connectivity index (χ2v) is 5.41. The molecular weight excluding hydrogens is 248 g/mol. The molecule has 0 aliphatic heterocycles. The number of nitrogens with two attached hydrogens (primary N) is 2. The molecular formula is C13H13N2O2S. The van der Waals surface area contributed by atoms with Crippen molar-refractivity contribution < 1.29 is 8.42 Å². The van der Waals surface area contributed by atoms with Crippen molar-refractivity contribution in [1.29, 1.82) is 0 Å². The first-order valence-electron chi connectivity index (χ1n) is 5.35. The lowest BCUT2D eigenvalue weighted by Gasteiger charge is -2.05. The number of rotatable bonds is 3. The predicted octanol–water partition coefficient (Wildman–Crippen LogP) is 1.26. The predicted molar refractivity (Wildman–Crippen MR) is 70.0 cm³/mol. The highest BCUT2D eigenvalue weighted by Gasteiger charge is 2.09. The van der Waals surface area contributed by atoms with Crippen molar-refractivity contribution >= 4 is 10.0 Å². The normalized spacial score (nSPS) is 11.4. The number of benzene rings is 2. The van der Waals surface area contributed by atoms with Gasteiger partial charge >= 0.3 is 0 Å². The maximum atomic E-state index is 11.3. The Morgan fingerprint density at radius 1 is 1.11 bits per heavy atom. The third-order valence-electron chi connectivity index (χ3n) is 2.55. The number of hydrogen-bond acceptors (Lipinski definition) is 3. The molecule has 0 saturated heterocycles. The molecule has 4 nitrogen and oxygen atoms in total. The summed E-state index contributed by atoms with van der Waals surface area (Å²) >= 11 is 0. The second-order valence-electron chi connectivity index (χ2n) is 3.88. The standard InChI is InChI=1S/C13H13N2O2S/c14-9-10-3-1-4-11(7-10)12-5-2-6-13(8-12)18(15,16)17/h1-7H,9,14H2,(H2,15,16,17). The molecule has 0 heterocycles. The van der Waals surface area contributed by atoms with Crippen LogP contribution < -0.4 is 10.9 Å². The van der Waals surface area contributed by atoms with E-state index in [1.54, 1.807) is 12.1 Å². The third kappa shape index (κ3) is 2.76. The summed E-state index contributed by atoms with van der Waals surface area (Å²) in [5.74, 6) is 0. The highest BCUT2D eigenvalue weighted by molar-refractivity contribution is 7.89. The average molecular weight is 261 g/mol. The molecule has 4 N–H and O–H groups in total. The van der Waals surface area contributed by atoms with E-state index in [-0.39, 0.29) is 4.90 Å². The Kier molecular flexibility index (Phi) is 3.47. The molecule has 0 bridgehead atoms. The summed E-state index contributed by atoms with van der Waals surface area (Å²) < 4.78 is 22.5. The highest BCUT2D eigenvalue weighted by atomic mass is 32.2. The van der Waals surface area contributed by atoms with Crippen molar-refractivity contribution in [2.45, 2.75) is 11.4 Å². The summed E-state index contributed by atoms with van der Waals surface area (Å²) in [6, 6.07) is 15.2. The smallest absolute Gasteiger partial charge is 0.238 e. The van der Waals surface area contributed by atoms with Gasteiger partial charge in [0.2, 0.25) is 10.0 Å². The molecule has 2 aromatic rings. The Hall–Kier alpha value is -1.69. The third-order valence-corrected chi connectivity index (χ3v) is 3.40. The maximum Gasteiger partial charge on any atom is 0.238 e. The van der Waals surface area contributed by atoms with E-state index in [0.29, 0.717) is 12.1 Å². The van der Waals surface area contributed by atoms with Crippen molar-refractivity contribution in [3.8, 4) is 11.1 Å². The lowest BCUT2D eigenvalue weighted by Crippen LogP contribution is -2.12. The van der Waals surface area contributed by atoms with Crippen LogP contribution in [0.2, 0.25) is 0 Å². The van der Waals surface area contributed by atoms with Crippen molar-refractivity contribution in [2.24, 2.45) is 10.9 Å². The summed E-state index contributed by atoms with van der Waals surface area (Å²) in [6.07, 6.45) is 0. The van der Waals surface area contributed by atoms with Crippen molar-refractivity contribution in [3.05, 3.63) is 54.1 Å². The van der Waals surface area contributed by atoms with Gasteiger partial charge in [-0.3, -0.25) is 0 Å². The molecule has 0 aliphatic carbocycles. The molecule has 0 aromatic heterocycles. The van der Waals surface area contributed by atoms with Crippen LogP contribution in [0.15, 0.2) is 47.4 Å². The molecule has 2 rings (SSSR count). The molecule has 2 aromatic carbocycles. The van der Waals surface area contributed by atoms with Gasteiger partial charge in [-0.1, -0.05) is 30.3 Å². The van der Waals surface area contributed by atoms with Crippen LogP contribution in [0, 0.1) is 6.07 Å². The van der Waals surface area contributed by atoms with Crippen LogP contribution in [0.1, 0.15) is 5.56 Å². The quantitative estimate of drug-likeness (QED) is 0.872. The minimum absolute atomic E-state index is 0.0156. The number of primary sulfonamides is 1. The van der Waals surface area contributed by atoms with E-state index in [4.69, 9.17) is 10.9 Å². The van der Waals surface area contributed by atoms with Crippen molar-refractivity contribution in [1.82, 2.24) is 0 Å². The largest absolute Gasteiger partial charge is 0.326 e. The fourth-order valence-corrected chi connectivity index (χ4v) is 2.17. The van der Waals surface area contributed by atoms with Gasteiger partial charge in [0.1, 0.15) is 0 Å². The zero-order valence-corrected chi connectivity index (χ0v) is 10.4. The van der Waals surface area contributed by atoms with Crippen LogP contribution in [-0.2, 0) is 16.6 Å². The molecule has 0 saturated carbocycles. The van der Waals surface area contributed by atoms with E-state index in [1.165, 1.54) is 6.07 Å². The van der Waals surface area contributed by atoms with Gasteiger partial charge in [-0.2, -0.15) is 0 Å². The van der Waals surface area contributed by atoms with E-state index in [9.17, 15) is 8.42 Å². The van der Waals surface area contributed by atoms with Gasteiger partial charge < -0.3 is 5.73 Å². The first kappa shape index (κ1) is 12.8. The summed E-state index contributed by atoms with van der Waals surface area (Å²) in [5, 5.41) is 5.08. The van der Waals surface area contributed by atoms with Crippen LogP contribution >= 0.6 is 0 Å². The molecule has 0 unspecified atom stereocenters. The van der Waals surface area contributed by atoms with Gasteiger partial charge in [-0.05, 0) is 28.8 Å². The van der Waals surface area contributed by atoms with Crippen LogP contribution in [0.25, 0.3) is 11.1 Å². The zero-order chi connectivity index (χ0) is 13.2. The molecule has 0 atom stereocenters. The van der Waals surface area contributed by atoms with Crippen LogP contribution in [0.4, 0.5) is 0 Å². The van der Waals surface area contributed by atoms with E-state index in [2.05, 4.69) is 6.07 Å². The van der Waals surface area contributed by atoms with E-state index < -0.39 is 10.0 Å². The van der Waals surface area contributed by atoms with Gasteiger partial charge in [0.05, 0.1) is 4.90 Å². The van der Waals surface area contributed by atoms with E-state index >= 15 is 0 Å². The molecule has 93 valence electrons. The van der Waals surface area contributed by atoms with Gasteiger partial charge in [-0.15, -0.1) is 0 Å². The molecule has 1 radical (unpaired) electrons. The fourth-order valence-electron chi connectivity index (χ4n) is 1.65. The van der Waals surface area contributed by atoms with Crippen molar-refractivity contribution in [3.63, 3.8) is 0 Å². The van der Waals surface area contributed by atoms with Gasteiger partial charge in [-0.25, -0.2) is 13.6 Å². The molecule has 0 spiro atoms. The summed E-state index contributed by atoms with van der Waals surface area (Å²) in [6.45, 7) is 0.433. The van der Waals surface area contributed by atoms with Crippen LogP contribution in [0.5, 0.6) is 0 Å². The minimum atomic E-state index is -3.73. The molecule has 0 aliphatic rings. The Balaban J connectivity index is 2.51. The molecule has 0 fully saturated rings. The monoisotopic (exact) mass is 261 g/mol.